The highest BCUT2D eigenvalue weighted by atomic mass is 16.5. The Morgan fingerprint density at radius 1 is 1.08 bits per heavy atom. The summed E-state index contributed by atoms with van der Waals surface area (Å²) in [4.78, 5) is 2.91. The van der Waals surface area contributed by atoms with E-state index >= 15 is 0 Å². The number of rotatable bonds is 7. The molecular weight excluding hydrogens is 306 g/mol. The van der Waals surface area contributed by atoms with Crippen molar-refractivity contribution in [2.75, 3.05) is 13.7 Å². The molecule has 2 bridgehead atoms. The van der Waals surface area contributed by atoms with Crippen LogP contribution in [0.1, 0.15) is 57.9 Å². The fourth-order valence-electron chi connectivity index (χ4n) is 7.25. The predicted molar refractivity (Wildman–Crippen MR) is 102 cm³/mol. The first-order valence-corrected chi connectivity index (χ1v) is 10.4. The molecule has 0 saturated heterocycles. The Balaban J connectivity index is 1.38. The molecule has 5 rings (SSSR count). The smallest absolute Gasteiger partial charge is 0.118 e. The van der Waals surface area contributed by atoms with Crippen molar-refractivity contribution >= 4 is 0 Å². The molecule has 4 aliphatic carbocycles. The van der Waals surface area contributed by atoms with Crippen LogP contribution in [0.2, 0.25) is 0 Å². The Morgan fingerprint density at radius 2 is 1.76 bits per heavy atom. The fourth-order valence-corrected chi connectivity index (χ4v) is 7.25. The van der Waals surface area contributed by atoms with Crippen LogP contribution in [0.4, 0.5) is 0 Å². The summed E-state index contributed by atoms with van der Waals surface area (Å²) in [7, 11) is 1.75. The van der Waals surface area contributed by atoms with Gasteiger partial charge in [-0.25, -0.2) is 0 Å². The first kappa shape index (κ1) is 16.2. The summed E-state index contributed by atoms with van der Waals surface area (Å²) >= 11 is 0. The lowest BCUT2D eigenvalue weighted by Gasteiger charge is -2.66. The van der Waals surface area contributed by atoms with Crippen LogP contribution >= 0.6 is 0 Å². The zero-order valence-electron chi connectivity index (χ0n) is 16.1. The van der Waals surface area contributed by atoms with Gasteiger partial charge in [0.05, 0.1) is 7.11 Å². The van der Waals surface area contributed by atoms with Crippen LogP contribution in [0.15, 0.2) is 24.3 Å². The fraction of sp³-hybridized carbons (Fsp3) is 0.739. The minimum atomic E-state index is 0.523. The Hall–Kier alpha value is -1.02. The summed E-state index contributed by atoms with van der Waals surface area (Å²) in [5.74, 6) is 5.01. The van der Waals surface area contributed by atoms with Crippen LogP contribution in [0.25, 0.3) is 0 Å². The zero-order chi connectivity index (χ0) is 17.2. The van der Waals surface area contributed by atoms with E-state index in [1.807, 2.05) is 0 Å². The summed E-state index contributed by atoms with van der Waals surface area (Å²) < 4.78 is 5.34. The van der Waals surface area contributed by atoms with Gasteiger partial charge in [-0.15, -0.1) is 0 Å². The lowest BCUT2D eigenvalue weighted by atomic mass is 9.38. The number of benzene rings is 1. The third-order valence-corrected chi connectivity index (χ3v) is 8.49. The Bertz CT molecular complexity index is 633. The van der Waals surface area contributed by atoms with Gasteiger partial charge >= 0.3 is 0 Å². The molecule has 2 unspecified atom stereocenters. The second-order valence-electron chi connectivity index (χ2n) is 9.94. The molecule has 0 amide bonds. The lowest BCUT2D eigenvalue weighted by molar-refractivity contribution is -0.178. The first-order valence-electron chi connectivity index (χ1n) is 10.4. The van der Waals surface area contributed by atoms with Gasteiger partial charge in [-0.05, 0) is 91.9 Å². The highest BCUT2D eigenvalue weighted by Gasteiger charge is 2.78. The van der Waals surface area contributed by atoms with Gasteiger partial charge in [0.15, 0.2) is 0 Å². The van der Waals surface area contributed by atoms with E-state index in [4.69, 9.17) is 4.74 Å². The average Bonchev–Trinajstić information content (AvgIpc) is 3.07. The molecule has 0 radical (unpaired) electrons. The largest absolute Gasteiger partial charge is 0.497 e. The SMILES string of the molecule is COc1ccc(CN(CCC(C)C)C23CC4CC5CC(C2)C54C3)cc1. The summed E-state index contributed by atoms with van der Waals surface area (Å²) in [6, 6.07) is 8.79. The normalized spacial score (nSPS) is 40.1. The summed E-state index contributed by atoms with van der Waals surface area (Å²) in [5.41, 5.74) is 2.79. The Labute approximate surface area is 152 Å². The molecule has 2 atom stereocenters. The van der Waals surface area contributed by atoms with E-state index in [0.29, 0.717) is 5.54 Å². The second kappa shape index (κ2) is 5.49. The molecule has 0 heterocycles. The van der Waals surface area contributed by atoms with Crippen molar-refractivity contribution in [1.82, 2.24) is 4.90 Å². The summed E-state index contributed by atoms with van der Waals surface area (Å²) in [6.07, 6.45) is 8.94. The van der Waals surface area contributed by atoms with Gasteiger partial charge < -0.3 is 4.74 Å². The molecule has 4 aliphatic rings. The standard InChI is InChI=1S/C23H33NO/c1-16(2)8-9-24(14-17-4-6-21(25-3)7-5-17)22-12-19-10-18-11-20(13-22)23(18,19)15-22/h4-7,16,18-20H,8-15H2,1-3H3. The number of methoxy groups -OCH3 is 1. The van der Waals surface area contributed by atoms with Crippen molar-refractivity contribution < 1.29 is 4.74 Å². The molecule has 0 aliphatic heterocycles. The molecule has 4 fully saturated rings. The van der Waals surface area contributed by atoms with Crippen molar-refractivity contribution in [2.45, 2.75) is 64.5 Å². The average molecular weight is 340 g/mol. The maximum absolute atomic E-state index is 5.34. The van der Waals surface area contributed by atoms with E-state index in [0.717, 1.165) is 41.4 Å². The Kier molecular flexibility index (Phi) is 3.55. The van der Waals surface area contributed by atoms with Gasteiger partial charge in [0.2, 0.25) is 0 Å². The van der Waals surface area contributed by atoms with Gasteiger partial charge in [0.1, 0.15) is 5.75 Å². The van der Waals surface area contributed by atoms with E-state index in [1.165, 1.54) is 37.8 Å². The third-order valence-electron chi connectivity index (χ3n) is 8.49. The second-order valence-corrected chi connectivity index (χ2v) is 9.94. The molecule has 2 heteroatoms. The van der Waals surface area contributed by atoms with E-state index in [1.54, 1.807) is 20.0 Å². The zero-order valence-corrected chi connectivity index (χ0v) is 16.1. The topological polar surface area (TPSA) is 12.5 Å². The molecule has 2 nitrogen and oxygen atoms in total. The molecule has 4 saturated carbocycles. The maximum atomic E-state index is 5.34. The number of nitrogens with zero attached hydrogens (tertiary/aromatic N) is 1. The lowest BCUT2D eigenvalue weighted by Crippen LogP contribution is -2.60. The number of fused-ring (bicyclic) bond motifs is 1. The van der Waals surface area contributed by atoms with Crippen molar-refractivity contribution in [3.63, 3.8) is 0 Å². The minimum absolute atomic E-state index is 0.523. The van der Waals surface area contributed by atoms with Crippen molar-refractivity contribution in [3.8, 4) is 5.75 Å². The van der Waals surface area contributed by atoms with Crippen LogP contribution in [0.3, 0.4) is 0 Å². The van der Waals surface area contributed by atoms with E-state index in [2.05, 4.69) is 43.0 Å². The predicted octanol–water partition coefficient (Wildman–Crippen LogP) is 5.12. The summed E-state index contributed by atoms with van der Waals surface area (Å²) in [5, 5.41) is 0. The van der Waals surface area contributed by atoms with Gasteiger partial charge in [-0.3, -0.25) is 4.90 Å². The maximum Gasteiger partial charge on any atom is 0.118 e. The van der Waals surface area contributed by atoms with Crippen molar-refractivity contribution in [2.24, 2.45) is 29.1 Å². The van der Waals surface area contributed by atoms with E-state index in [-0.39, 0.29) is 0 Å². The molecule has 25 heavy (non-hydrogen) atoms. The molecule has 0 N–H and O–H groups in total. The van der Waals surface area contributed by atoms with E-state index in [9.17, 15) is 0 Å². The molecule has 1 aromatic carbocycles. The van der Waals surface area contributed by atoms with Crippen molar-refractivity contribution in [1.29, 1.82) is 0 Å². The third kappa shape index (κ3) is 2.19. The highest BCUT2D eigenvalue weighted by molar-refractivity contribution is 5.31. The minimum Gasteiger partial charge on any atom is -0.497 e. The van der Waals surface area contributed by atoms with Gasteiger partial charge in [0, 0.05) is 12.1 Å². The molecular formula is C23H33NO. The number of ether oxygens (including phenoxy) is 1. The molecule has 136 valence electrons. The van der Waals surface area contributed by atoms with Crippen LogP contribution < -0.4 is 4.74 Å². The Morgan fingerprint density at radius 3 is 2.28 bits per heavy atom. The van der Waals surface area contributed by atoms with Crippen molar-refractivity contribution in [3.05, 3.63) is 29.8 Å². The first-order chi connectivity index (χ1) is 12.1. The quantitative estimate of drug-likeness (QED) is 0.683. The van der Waals surface area contributed by atoms with Crippen LogP contribution in [-0.4, -0.2) is 24.1 Å². The summed E-state index contributed by atoms with van der Waals surface area (Å²) in [6.45, 7) is 7.13. The van der Waals surface area contributed by atoms with Gasteiger partial charge in [-0.2, -0.15) is 0 Å². The number of hydrogen-bond acceptors (Lipinski definition) is 2. The van der Waals surface area contributed by atoms with E-state index < -0.39 is 0 Å². The van der Waals surface area contributed by atoms with Gasteiger partial charge in [0.25, 0.3) is 0 Å². The van der Waals surface area contributed by atoms with Crippen LogP contribution in [0.5, 0.6) is 5.75 Å². The van der Waals surface area contributed by atoms with Crippen LogP contribution in [0, 0.1) is 29.1 Å². The van der Waals surface area contributed by atoms with Gasteiger partial charge in [-0.1, -0.05) is 26.0 Å². The highest BCUT2D eigenvalue weighted by Crippen LogP contribution is 2.83. The number of hydrogen-bond donors (Lipinski definition) is 0. The molecule has 1 aromatic rings. The molecule has 1 spiro atoms. The molecule has 0 aromatic heterocycles. The monoisotopic (exact) mass is 339 g/mol. The van der Waals surface area contributed by atoms with Crippen LogP contribution in [-0.2, 0) is 6.54 Å².